The molecule has 1 rings (SSSR count). The number of nitrogens with one attached hydrogen (secondary N) is 1. The molecule has 1 aliphatic heterocycles. The average Bonchev–Trinajstić information content (AvgIpc) is 2.14. The Kier molecular flexibility index (Phi) is 1.92. The summed E-state index contributed by atoms with van der Waals surface area (Å²) in [7, 11) is 0. The highest BCUT2D eigenvalue weighted by atomic mass is 32.2. The molecule has 1 saturated heterocycles. The van der Waals surface area contributed by atoms with Crippen molar-refractivity contribution in [3.8, 4) is 0 Å². The van der Waals surface area contributed by atoms with Crippen LogP contribution >= 0.6 is 24.0 Å². The van der Waals surface area contributed by atoms with Crippen LogP contribution in [0.4, 0.5) is 0 Å². The van der Waals surface area contributed by atoms with Crippen molar-refractivity contribution in [3.63, 3.8) is 0 Å². The lowest BCUT2D eigenvalue weighted by atomic mass is 11.2. The number of rotatable bonds is 1. The molecule has 50 valence electrons. The van der Waals surface area contributed by atoms with E-state index in [9.17, 15) is 4.79 Å². The zero-order chi connectivity index (χ0) is 6.85. The predicted molar refractivity (Wildman–Crippen MR) is 39.6 cm³/mol. The highest BCUT2D eigenvalue weighted by Gasteiger charge is 2.24. The molecule has 0 aliphatic carbocycles. The summed E-state index contributed by atoms with van der Waals surface area (Å²) >= 11 is 6.08. The molecule has 3 nitrogen and oxygen atoms in total. The second kappa shape index (κ2) is 2.53. The summed E-state index contributed by atoms with van der Waals surface area (Å²) < 4.78 is 0.586. The highest BCUT2D eigenvalue weighted by Crippen LogP contribution is 2.12. The Labute approximate surface area is 61.8 Å². The number of aliphatic carboxylic acids is 1. The SMILES string of the molecule is O=[13C](O)[13CH]1[13CH2]SC(=S)N1. The third kappa shape index (κ3) is 1.56. The third-order valence-corrected chi connectivity index (χ3v) is 2.32. The number of thiocarbonyl (C=S) groups is 1. The summed E-state index contributed by atoms with van der Waals surface area (Å²) in [4.78, 5) is 10.2. The summed E-state index contributed by atoms with van der Waals surface area (Å²) in [6.07, 6.45) is 0. The van der Waals surface area contributed by atoms with Crippen molar-refractivity contribution in [2.75, 3.05) is 5.75 Å². The zero-order valence-electron chi connectivity index (χ0n) is 4.46. The Morgan fingerprint density at radius 3 is 2.89 bits per heavy atom. The number of carboxylic acid groups (broad SMARTS) is 1. The van der Waals surface area contributed by atoms with Gasteiger partial charge in [0.25, 0.3) is 0 Å². The molecule has 0 radical (unpaired) electrons. The Hall–Kier alpha value is -0.290. The van der Waals surface area contributed by atoms with Crippen LogP contribution in [-0.4, -0.2) is 27.2 Å². The summed E-state index contributed by atoms with van der Waals surface area (Å²) in [5.41, 5.74) is 0. The molecule has 0 bridgehead atoms. The van der Waals surface area contributed by atoms with Crippen molar-refractivity contribution in [2.45, 2.75) is 6.04 Å². The molecule has 1 heterocycles. The molecule has 1 fully saturated rings. The van der Waals surface area contributed by atoms with E-state index in [0.717, 1.165) is 0 Å². The van der Waals surface area contributed by atoms with E-state index in [-0.39, 0.29) is 0 Å². The molecule has 1 aliphatic rings. The lowest BCUT2D eigenvalue weighted by Gasteiger charge is -1.99. The van der Waals surface area contributed by atoms with E-state index in [1.807, 2.05) is 0 Å². The van der Waals surface area contributed by atoms with E-state index < -0.39 is 12.0 Å². The third-order valence-electron chi connectivity index (χ3n) is 0.971. The van der Waals surface area contributed by atoms with Gasteiger partial charge in [-0.05, 0) is 0 Å². The average molecular weight is 166 g/mol. The van der Waals surface area contributed by atoms with E-state index in [2.05, 4.69) is 5.32 Å². The molecule has 9 heavy (non-hydrogen) atoms. The van der Waals surface area contributed by atoms with Crippen molar-refractivity contribution >= 4 is 34.3 Å². The first-order chi connectivity index (χ1) is 4.20. The van der Waals surface area contributed by atoms with Gasteiger partial charge < -0.3 is 10.4 Å². The quantitative estimate of drug-likeness (QED) is 0.426. The van der Waals surface area contributed by atoms with E-state index in [4.69, 9.17) is 17.3 Å². The number of carbonyl (C=O) groups is 1. The molecule has 5 heteroatoms. The molecule has 0 aromatic heterocycles. The van der Waals surface area contributed by atoms with Crippen molar-refractivity contribution in [2.24, 2.45) is 0 Å². The largest absolute Gasteiger partial charge is 0.480 e. The number of thioether (sulfide) groups is 1. The van der Waals surface area contributed by atoms with Gasteiger partial charge in [-0.2, -0.15) is 0 Å². The van der Waals surface area contributed by atoms with Crippen LogP contribution in [0.5, 0.6) is 0 Å². The van der Waals surface area contributed by atoms with E-state index in [1.165, 1.54) is 11.8 Å². The first-order valence-corrected chi connectivity index (χ1v) is 3.75. The maximum absolute atomic E-state index is 10.2. The Morgan fingerprint density at radius 2 is 2.67 bits per heavy atom. The van der Waals surface area contributed by atoms with Crippen molar-refractivity contribution in [3.05, 3.63) is 0 Å². The maximum Gasteiger partial charge on any atom is 0.327 e. The van der Waals surface area contributed by atoms with E-state index in [0.29, 0.717) is 10.1 Å². The number of carboxylic acids is 1. The standard InChI is InChI=1S/C4H5NO2S2/c6-3(7)2-1-9-4(8)5-2/h2H,1H2,(H,5,8)(H,6,7)/i1+1,2+1,3+1. The van der Waals surface area contributed by atoms with Crippen LogP contribution in [0.1, 0.15) is 0 Å². The molecule has 0 amide bonds. The van der Waals surface area contributed by atoms with Crippen molar-refractivity contribution < 1.29 is 9.90 Å². The summed E-state index contributed by atoms with van der Waals surface area (Å²) in [6, 6.07) is -0.470. The van der Waals surface area contributed by atoms with Gasteiger partial charge in [0, 0.05) is 5.75 Å². The van der Waals surface area contributed by atoms with Crippen molar-refractivity contribution in [1.29, 1.82) is 0 Å². The Bertz CT molecular complexity index is 159. The molecule has 0 saturated carbocycles. The van der Waals surface area contributed by atoms with E-state index in [1.54, 1.807) is 0 Å². The first-order valence-electron chi connectivity index (χ1n) is 2.36. The predicted octanol–water partition coefficient (Wildman–Crippen LogP) is 0.0609. The lowest BCUT2D eigenvalue weighted by Crippen LogP contribution is -2.33. The maximum atomic E-state index is 10.2. The summed E-state index contributed by atoms with van der Waals surface area (Å²) in [6.45, 7) is 0. The Morgan fingerprint density at radius 1 is 2.00 bits per heavy atom. The minimum Gasteiger partial charge on any atom is -0.480 e. The van der Waals surface area contributed by atoms with Crippen LogP contribution in [0.3, 0.4) is 0 Å². The van der Waals surface area contributed by atoms with Gasteiger partial charge in [-0.15, -0.1) is 0 Å². The van der Waals surface area contributed by atoms with Crippen LogP contribution in [0.15, 0.2) is 0 Å². The molecule has 0 aromatic carbocycles. The minimum atomic E-state index is -0.831. The van der Waals surface area contributed by atoms with Crippen LogP contribution < -0.4 is 5.32 Å². The normalized spacial score (nSPS) is 25.8. The van der Waals surface area contributed by atoms with Crippen LogP contribution in [0, 0.1) is 0 Å². The van der Waals surface area contributed by atoms with Gasteiger partial charge in [0.2, 0.25) is 0 Å². The zero-order valence-corrected chi connectivity index (χ0v) is 6.09. The molecule has 1 unspecified atom stereocenters. The first kappa shape index (κ1) is 6.82. The lowest BCUT2D eigenvalue weighted by molar-refractivity contribution is -0.138. The summed E-state index contributed by atoms with van der Waals surface area (Å²) in [5, 5.41) is 11.0. The van der Waals surface area contributed by atoms with Gasteiger partial charge in [0.1, 0.15) is 10.4 Å². The smallest absolute Gasteiger partial charge is 0.327 e. The molecule has 0 spiro atoms. The molecular formula is C4H5NO2S2. The molecule has 0 aromatic rings. The van der Waals surface area contributed by atoms with Gasteiger partial charge in [0.15, 0.2) is 0 Å². The van der Waals surface area contributed by atoms with Gasteiger partial charge >= 0.3 is 5.97 Å². The second-order valence-corrected chi connectivity index (χ2v) is 3.33. The minimum absolute atomic E-state index is 0.470. The van der Waals surface area contributed by atoms with Gasteiger partial charge in [-0.1, -0.05) is 24.0 Å². The van der Waals surface area contributed by atoms with Crippen LogP contribution in [0.25, 0.3) is 0 Å². The van der Waals surface area contributed by atoms with Gasteiger partial charge in [0.05, 0.1) is 0 Å². The topological polar surface area (TPSA) is 49.3 Å². The number of hydrogen-bond donors (Lipinski definition) is 2. The van der Waals surface area contributed by atoms with Crippen LogP contribution in [-0.2, 0) is 4.79 Å². The monoisotopic (exact) mass is 166 g/mol. The molecular weight excluding hydrogens is 161 g/mol. The fourth-order valence-electron chi connectivity index (χ4n) is 0.518. The van der Waals surface area contributed by atoms with Gasteiger partial charge in [-0.3, -0.25) is 0 Å². The molecule has 1 atom stereocenters. The second-order valence-electron chi connectivity index (χ2n) is 1.63. The van der Waals surface area contributed by atoms with E-state index >= 15 is 0 Å². The van der Waals surface area contributed by atoms with Crippen LogP contribution in [0.2, 0.25) is 0 Å². The highest BCUT2D eigenvalue weighted by molar-refractivity contribution is 8.23. The fraction of sp³-hybridized carbons (Fsp3) is 0.500. The fourth-order valence-corrected chi connectivity index (χ4v) is 1.63. The molecule has 2 N–H and O–H groups in total. The number of hydrogen-bond acceptors (Lipinski definition) is 3. The summed E-state index contributed by atoms with van der Waals surface area (Å²) in [5.74, 6) is -0.281. The van der Waals surface area contributed by atoms with Gasteiger partial charge in [-0.25, -0.2) is 4.79 Å². The van der Waals surface area contributed by atoms with Crippen molar-refractivity contribution in [1.82, 2.24) is 5.32 Å². The Balaban J connectivity index is 2.48.